The van der Waals surface area contributed by atoms with Gasteiger partial charge in [-0.3, -0.25) is 23.9 Å². The number of para-hydroxylation sites is 1. The third-order valence-corrected chi connectivity index (χ3v) is 6.17. The van der Waals surface area contributed by atoms with Gasteiger partial charge in [-0.2, -0.15) is 0 Å². The van der Waals surface area contributed by atoms with E-state index in [0.717, 1.165) is 4.90 Å². The second kappa shape index (κ2) is 8.57. The molecule has 35 heavy (non-hydrogen) atoms. The van der Waals surface area contributed by atoms with E-state index in [4.69, 9.17) is 0 Å². The molecule has 8 heteroatoms. The molecule has 0 fully saturated rings. The Bertz CT molecular complexity index is 1500. The summed E-state index contributed by atoms with van der Waals surface area (Å²) in [6, 6.07) is 22.6. The molecule has 0 saturated carbocycles. The highest BCUT2D eigenvalue weighted by Crippen LogP contribution is 2.28. The number of hydrogen-bond acceptors (Lipinski definition) is 4. The zero-order valence-corrected chi connectivity index (χ0v) is 19.2. The molecule has 1 aliphatic heterocycles. The molecule has 0 radical (unpaired) electrons. The molecule has 8 nitrogen and oxygen atoms in total. The van der Waals surface area contributed by atoms with E-state index in [1.807, 2.05) is 30.3 Å². The number of fused-ring (bicyclic) bond motifs is 1. The Morgan fingerprint density at radius 1 is 0.771 bits per heavy atom. The molecule has 0 unspecified atom stereocenters. The normalized spacial score (nSPS) is 12.7. The van der Waals surface area contributed by atoms with Crippen LogP contribution < -0.4 is 15.8 Å². The van der Waals surface area contributed by atoms with Gasteiger partial charge in [0.1, 0.15) is 5.69 Å². The van der Waals surface area contributed by atoms with Gasteiger partial charge in [0, 0.05) is 7.05 Å². The highest BCUT2D eigenvalue weighted by Gasteiger charge is 2.36. The molecule has 0 bridgehead atoms. The van der Waals surface area contributed by atoms with Gasteiger partial charge < -0.3 is 5.32 Å². The van der Waals surface area contributed by atoms with Crippen molar-refractivity contribution in [2.24, 2.45) is 7.05 Å². The number of nitrogens with zero attached hydrogens (tertiary/aromatic N) is 3. The van der Waals surface area contributed by atoms with Crippen molar-refractivity contribution in [3.8, 4) is 5.69 Å². The van der Waals surface area contributed by atoms with Gasteiger partial charge in [0.25, 0.3) is 17.4 Å². The number of nitrogens with one attached hydrogen (secondary N) is 1. The Labute approximate surface area is 201 Å². The largest absolute Gasteiger partial charge is 0.320 e. The fraction of sp³-hybridized carbons (Fsp3) is 0.111. The quantitative estimate of drug-likeness (QED) is 0.456. The summed E-state index contributed by atoms with van der Waals surface area (Å²) in [5.41, 5.74) is 3.11. The monoisotopic (exact) mass is 466 g/mol. The molecule has 174 valence electrons. The van der Waals surface area contributed by atoms with Crippen LogP contribution in [0.1, 0.15) is 32.0 Å². The van der Waals surface area contributed by atoms with E-state index in [9.17, 15) is 19.2 Å². The molecular formula is C27H22N4O4. The average molecular weight is 466 g/mol. The average Bonchev–Trinajstić information content (AvgIpc) is 3.24. The van der Waals surface area contributed by atoms with Crippen LogP contribution in [0, 0.1) is 6.92 Å². The molecule has 0 atom stereocenters. The Balaban J connectivity index is 1.32. The van der Waals surface area contributed by atoms with Crippen LogP contribution in [0.3, 0.4) is 0 Å². The zero-order chi connectivity index (χ0) is 24.7. The van der Waals surface area contributed by atoms with Gasteiger partial charge in [0.15, 0.2) is 0 Å². The van der Waals surface area contributed by atoms with Gasteiger partial charge >= 0.3 is 0 Å². The highest BCUT2D eigenvalue weighted by atomic mass is 16.2. The summed E-state index contributed by atoms with van der Waals surface area (Å²) in [5, 5.41) is 2.74. The summed E-state index contributed by atoms with van der Waals surface area (Å²) >= 11 is 0. The van der Waals surface area contributed by atoms with Crippen molar-refractivity contribution in [1.82, 2.24) is 9.36 Å². The van der Waals surface area contributed by atoms with Crippen LogP contribution in [0.4, 0.5) is 11.4 Å². The molecule has 1 N–H and O–H groups in total. The molecule has 0 saturated heterocycles. The molecular weight excluding hydrogens is 444 g/mol. The second-order valence-corrected chi connectivity index (χ2v) is 8.32. The molecule has 1 aromatic heterocycles. The smallest absolute Gasteiger partial charge is 0.295 e. The fourth-order valence-corrected chi connectivity index (χ4v) is 4.27. The van der Waals surface area contributed by atoms with E-state index in [-0.39, 0.29) is 35.4 Å². The van der Waals surface area contributed by atoms with E-state index < -0.39 is 0 Å². The maximum absolute atomic E-state index is 13.0. The lowest BCUT2D eigenvalue weighted by atomic mass is 10.1. The van der Waals surface area contributed by atoms with Crippen molar-refractivity contribution >= 4 is 29.1 Å². The third kappa shape index (κ3) is 3.74. The molecule has 0 spiro atoms. The predicted octanol–water partition coefficient (Wildman–Crippen LogP) is 3.47. The van der Waals surface area contributed by atoms with Crippen molar-refractivity contribution in [3.63, 3.8) is 0 Å². The van der Waals surface area contributed by atoms with E-state index >= 15 is 0 Å². The number of hydrogen-bond donors (Lipinski definition) is 1. The van der Waals surface area contributed by atoms with Crippen LogP contribution in [-0.2, 0) is 18.3 Å². The minimum absolute atomic E-state index is 0.0293. The standard InChI is InChI=1S/C27H22N4O4/c1-17-24(27(35)31(29(17)2)20-8-4-3-5-9-20)28-23(32)16-18-12-14-19(15-13-18)30-25(33)21-10-6-7-11-22(21)26(30)34/h3-15H,16H2,1-2H3,(H,28,32). The van der Waals surface area contributed by atoms with Crippen molar-refractivity contribution < 1.29 is 14.4 Å². The highest BCUT2D eigenvalue weighted by molar-refractivity contribution is 6.34. The molecule has 3 amide bonds. The summed E-state index contributed by atoms with van der Waals surface area (Å²) in [4.78, 5) is 52.2. The molecule has 4 aromatic rings. The zero-order valence-electron chi connectivity index (χ0n) is 19.2. The second-order valence-electron chi connectivity index (χ2n) is 8.32. The molecule has 3 aromatic carbocycles. The SMILES string of the molecule is Cc1c(NC(=O)Cc2ccc(N3C(=O)c4ccccc4C3=O)cc2)c(=O)n(-c2ccccc2)n1C. The lowest BCUT2D eigenvalue weighted by Gasteiger charge is -2.14. The summed E-state index contributed by atoms with van der Waals surface area (Å²) < 4.78 is 3.20. The van der Waals surface area contributed by atoms with Crippen LogP contribution in [0.2, 0.25) is 0 Å². The maximum Gasteiger partial charge on any atom is 0.295 e. The molecule has 2 heterocycles. The lowest BCUT2D eigenvalue weighted by Crippen LogP contribution is -2.29. The minimum Gasteiger partial charge on any atom is -0.320 e. The van der Waals surface area contributed by atoms with Gasteiger partial charge in [-0.05, 0) is 48.9 Å². The number of amides is 3. The molecule has 0 aliphatic carbocycles. The van der Waals surface area contributed by atoms with Gasteiger partial charge in [0.2, 0.25) is 5.91 Å². The van der Waals surface area contributed by atoms with E-state index in [1.165, 1.54) is 4.68 Å². The van der Waals surface area contributed by atoms with Crippen LogP contribution >= 0.6 is 0 Å². The van der Waals surface area contributed by atoms with Crippen LogP contribution in [0.25, 0.3) is 5.69 Å². The van der Waals surface area contributed by atoms with Gasteiger partial charge in [-0.15, -0.1) is 0 Å². The van der Waals surface area contributed by atoms with Crippen molar-refractivity contribution in [3.05, 3.63) is 112 Å². The number of imide groups is 1. The van der Waals surface area contributed by atoms with E-state index in [1.54, 1.807) is 67.2 Å². The number of benzene rings is 3. The summed E-state index contributed by atoms with van der Waals surface area (Å²) in [7, 11) is 1.76. The number of carbonyl (C=O) groups is 3. The first-order chi connectivity index (χ1) is 16.9. The topological polar surface area (TPSA) is 93.4 Å². The number of anilines is 2. The van der Waals surface area contributed by atoms with Crippen LogP contribution in [0.15, 0.2) is 83.7 Å². The minimum atomic E-state index is -0.370. The Morgan fingerprint density at radius 3 is 1.94 bits per heavy atom. The van der Waals surface area contributed by atoms with E-state index in [2.05, 4.69) is 5.32 Å². The molecule has 1 aliphatic rings. The predicted molar refractivity (Wildman–Crippen MR) is 132 cm³/mol. The summed E-state index contributed by atoms with van der Waals surface area (Å²) in [5.74, 6) is -1.08. The van der Waals surface area contributed by atoms with Crippen molar-refractivity contribution in [1.29, 1.82) is 0 Å². The van der Waals surface area contributed by atoms with Gasteiger partial charge in [-0.1, -0.05) is 42.5 Å². The molecule has 5 rings (SSSR count). The Kier molecular flexibility index (Phi) is 5.41. The number of aromatic nitrogens is 2. The first-order valence-electron chi connectivity index (χ1n) is 11.1. The first kappa shape index (κ1) is 22.1. The number of rotatable bonds is 5. The summed E-state index contributed by atoms with van der Waals surface area (Å²) in [6.07, 6.45) is 0.0293. The fourth-order valence-electron chi connectivity index (χ4n) is 4.27. The Morgan fingerprint density at radius 2 is 1.34 bits per heavy atom. The first-order valence-corrected chi connectivity index (χ1v) is 11.1. The van der Waals surface area contributed by atoms with E-state index in [0.29, 0.717) is 33.8 Å². The summed E-state index contributed by atoms with van der Waals surface area (Å²) in [6.45, 7) is 1.77. The maximum atomic E-state index is 13.0. The van der Waals surface area contributed by atoms with Gasteiger partial charge in [-0.25, -0.2) is 9.58 Å². The van der Waals surface area contributed by atoms with Gasteiger partial charge in [0.05, 0.1) is 34.6 Å². The lowest BCUT2D eigenvalue weighted by molar-refractivity contribution is -0.115. The van der Waals surface area contributed by atoms with Crippen molar-refractivity contribution in [2.75, 3.05) is 10.2 Å². The van der Waals surface area contributed by atoms with Crippen LogP contribution in [0.5, 0.6) is 0 Å². The third-order valence-electron chi connectivity index (χ3n) is 6.17. The number of carbonyl (C=O) groups excluding carboxylic acids is 3. The van der Waals surface area contributed by atoms with Crippen molar-refractivity contribution in [2.45, 2.75) is 13.3 Å². The Hall–Kier alpha value is -4.72. The van der Waals surface area contributed by atoms with Crippen LogP contribution in [-0.4, -0.2) is 27.1 Å².